The molecule has 4 rings (SSSR count). The number of hydrogen-bond acceptors (Lipinski definition) is 4. The van der Waals surface area contributed by atoms with Crippen LogP contribution in [0.2, 0.25) is 0 Å². The van der Waals surface area contributed by atoms with Gasteiger partial charge in [-0.2, -0.15) is 0 Å². The standard InChI is InChI=1S/C21H24N4O/c1-26-20-8-7-17(14-18(20)15-24-11-4-5-12-24)21-23-10-13-25(21)16-19-6-2-3-9-22-19/h2-3,6-10,13-14H,4-5,11-12,15-16H2,1H3. The molecule has 0 N–H and O–H groups in total. The third kappa shape index (κ3) is 3.63. The summed E-state index contributed by atoms with van der Waals surface area (Å²) in [5, 5.41) is 0. The number of pyridine rings is 1. The van der Waals surface area contributed by atoms with E-state index in [2.05, 4.69) is 37.6 Å². The van der Waals surface area contributed by atoms with Crippen LogP contribution >= 0.6 is 0 Å². The lowest BCUT2D eigenvalue weighted by molar-refractivity contribution is 0.321. The van der Waals surface area contributed by atoms with Crippen LogP contribution in [-0.4, -0.2) is 39.6 Å². The predicted molar refractivity (Wildman–Crippen MR) is 102 cm³/mol. The van der Waals surface area contributed by atoms with Crippen molar-refractivity contribution in [3.8, 4) is 17.1 Å². The van der Waals surface area contributed by atoms with Gasteiger partial charge in [0.25, 0.3) is 0 Å². The molecule has 0 saturated carbocycles. The fourth-order valence-corrected chi connectivity index (χ4v) is 3.59. The van der Waals surface area contributed by atoms with Crippen molar-refractivity contribution in [1.29, 1.82) is 0 Å². The molecular formula is C21H24N4O. The molecule has 1 aliphatic rings. The molecule has 3 heterocycles. The molecular weight excluding hydrogens is 324 g/mol. The molecule has 134 valence electrons. The molecule has 1 aliphatic heterocycles. The van der Waals surface area contributed by atoms with Gasteiger partial charge >= 0.3 is 0 Å². The van der Waals surface area contributed by atoms with Gasteiger partial charge in [-0.25, -0.2) is 4.98 Å². The van der Waals surface area contributed by atoms with Crippen LogP contribution in [0.25, 0.3) is 11.4 Å². The van der Waals surface area contributed by atoms with Crippen LogP contribution < -0.4 is 4.74 Å². The summed E-state index contributed by atoms with van der Waals surface area (Å²) in [5.41, 5.74) is 3.36. The number of benzene rings is 1. The van der Waals surface area contributed by atoms with Gasteiger partial charge in [0, 0.05) is 36.3 Å². The fourth-order valence-electron chi connectivity index (χ4n) is 3.59. The number of likely N-dealkylation sites (tertiary alicyclic amines) is 1. The number of ether oxygens (including phenoxy) is 1. The molecule has 1 fully saturated rings. The predicted octanol–water partition coefficient (Wildman–Crippen LogP) is 3.60. The molecule has 1 aromatic carbocycles. The van der Waals surface area contributed by atoms with Crippen LogP contribution in [0.1, 0.15) is 24.1 Å². The minimum absolute atomic E-state index is 0.712. The van der Waals surface area contributed by atoms with E-state index in [1.54, 1.807) is 7.11 Å². The quantitative estimate of drug-likeness (QED) is 0.683. The summed E-state index contributed by atoms with van der Waals surface area (Å²) in [6.45, 7) is 3.98. The molecule has 0 radical (unpaired) electrons. The zero-order valence-electron chi connectivity index (χ0n) is 15.1. The van der Waals surface area contributed by atoms with Gasteiger partial charge < -0.3 is 9.30 Å². The van der Waals surface area contributed by atoms with Crippen molar-refractivity contribution < 1.29 is 4.74 Å². The Bertz CT molecular complexity index is 853. The highest BCUT2D eigenvalue weighted by Gasteiger charge is 2.16. The summed E-state index contributed by atoms with van der Waals surface area (Å²) in [7, 11) is 1.74. The van der Waals surface area contributed by atoms with Crippen molar-refractivity contribution in [3.05, 3.63) is 66.2 Å². The average Bonchev–Trinajstić information content (AvgIpc) is 3.35. The van der Waals surface area contributed by atoms with Gasteiger partial charge in [-0.1, -0.05) is 6.07 Å². The molecule has 0 unspecified atom stereocenters. The van der Waals surface area contributed by atoms with Crippen molar-refractivity contribution in [3.63, 3.8) is 0 Å². The maximum Gasteiger partial charge on any atom is 0.140 e. The van der Waals surface area contributed by atoms with Crippen LogP contribution in [-0.2, 0) is 13.1 Å². The van der Waals surface area contributed by atoms with E-state index in [0.717, 1.165) is 29.4 Å². The smallest absolute Gasteiger partial charge is 0.140 e. The zero-order valence-corrected chi connectivity index (χ0v) is 15.1. The SMILES string of the molecule is COc1ccc(-c2nccn2Cc2ccccn2)cc1CN1CCCC1. The van der Waals surface area contributed by atoms with E-state index in [9.17, 15) is 0 Å². The first kappa shape index (κ1) is 16.8. The Kier molecular flexibility index (Phi) is 4.97. The summed E-state index contributed by atoms with van der Waals surface area (Å²) in [6, 6.07) is 12.3. The number of rotatable bonds is 6. The lowest BCUT2D eigenvalue weighted by Gasteiger charge is -2.18. The normalized spacial score (nSPS) is 14.7. The Morgan fingerprint density at radius 1 is 1.00 bits per heavy atom. The van der Waals surface area contributed by atoms with E-state index in [4.69, 9.17) is 4.74 Å². The molecule has 5 heteroatoms. The summed E-state index contributed by atoms with van der Waals surface area (Å²) in [4.78, 5) is 11.5. The monoisotopic (exact) mass is 348 g/mol. The van der Waals surface area contributed by atoms with Crippen LogP contribution in [0.15, 0.2) is 55.0 Å². The first-order chi connectivity index (χ1) is 12.8. The third-order valence-corrected chi connectivity index (χ3v) is 4.91. The van der Waals surface area contributed by atoms with Crippen molar-refractivity contribution >= 4 is 0 Å². The van der Waals surface area contributed by atoms with Gasteiger partial charge in [0.15, 0.2) is 0 Å². The van der Waals surface area contributed by atoms with E-state index in [1.807, 2.05) is 36.8 Å². The highest BCUT2D eigenvalue weighted by atomic mass is 16.5. The molecule has 0 atom stereocenters. The second kappa shape index (κ2) is 7.70. The zero-order chi connectivity index (χ0) is 17.8. The van der Waals surface area contributed by atoms with Crippen LogP contribution in [0.3, 0.4) is 0 Å². The van der Waals surface area contributed by atoms with Crippen LogP contribution in [0.5, 0.6) is 5.75 Å². The number of hydrogen-bond donors (Lipinski definition) is 0. The number of methoxy groups -OCH3 is 1. The second-order valence-electron chi connectivity index (χ2n) is 6.71. The lowest BCUT2D eigenvalue weighted by Crippen LogP contribution is -2.18. The first-order valence-electron chi connectivity index (χ1n) is 9.14. The lowest BCUT2D eigenvalue weighted by atomic mass is 10.1. The highest BCUT2D eigenvalue weighted by molar-refractivity contribution is 5.59. The number of imidazole rings is 1. The Hall–Kier alpha value is -2.66. The van der Waals surface area contributed by atoms with Crippen molar-refractivity contribution in [2.45, 2.75) is 25.9 Å². The number of aromatic nitrogens is 3. The maximum atomic E-state index is 5.59. The summed E-state index contributed by atoms with van der Waals surface area (Å²) < 4.78 is 7.73. The molecule has 3 aromatic rings. The largest absolute Gasteiger partial charge is 0.496 e. The first-order valence-corrected chi connectivity index (χ1v) is 9.14. The van der Waals surface area contributed by atoms with E-state index < -0.39 is 0 Å². The molecule has 0 bridgehead atoms. The minimum atomic E-state index is 0.712. The van der Waals surface area contributed by atoms with Gasteiger partial charge in [0.2, 0.25) is 0 Å². The Morgan fingerprint density at radius 2 is 1.88 bits per heavy atom. The number of nitrogens with zero attached hydrogens (tertiary/aromatic N) is 4. The van der Waals surface area contributed by atoms with Gasteiger partial charge in [-0.3, -0.25) is 9.88 Å². The van der Waals surface area contributed by atoms with E-state index in [1.165, 1.54) is 31.5 Å². The fraction of sp³-hybridized carbons (Fsp3) is 0.333. The van der Waals surface area contributed by atoms with Gasteiger partial charge in [-0.05, 0) is 56.3 Å². The van der Waals surface area contributed by atoms with Gasteiger partial charge in [0.05, 0.1) is 19.3 Å². The van der Waals surface area contributed by atoms with E-state index in [0.29, 0.717) is 6.54 Å². The van der Waals surface area contributed by atoms with Gasteiger partial charge in [-0.15, -0.1) is 0 Å². The maximum absolute atomic E-state index is 5.59. The van der Waals surface area contributed by atoms with E-state index in [-0.39, 0.29) is 0 Å². The third-order valence-electron chi connectivity index (χ3n) is 4.91. The summed E-state index contributed by atoms with van der Waals surface area (Å²) in [6.07, 6.45) is 8.26. The molecule has 1 saturated heterocycles. The van der Waals surface area contributed by atoms with Crippen molar-refractivity contribution in [2.24, 2.45) is 0 Å². The van der Waals surface area contributed by atoms with Crippen LogP contribution in [0.4, 0.5) is 0 Å². The van der Waals surface area contributed by atoms with Crippen molar-refractivity contribution in [1.82, 2.24) is 19.4 Å². The molecule has 2 aromatic heterocycles. The Balaban J connectivity index is 1.62. The topological polar surface area (TPSA) is 43.2 Å². The summed E-state index contributed by atoms with van der Waals surface area (Å²) >= 11 is 0. The highest BCUT2D eigenvalue weighted by Crippen LogP contribution is 2.28. The van der Waals surface area contributed by atoms with Gasteiger partial charge in [0.1, 0.15) is 11.6 Å². The Labute approximate surface area is 154 Å². The second-order valence-corrected chi connectivity index (χ2v) is 6.71. The minimum Gasteiger partial charge on any atom is -0.496 e. The molecule has 26 heavy (non-hydrogen) atoms. The molecule has 0 aliphatic carbocycles. The summed E-state index contributed by atoms with van der Waals surface area (Å²) in [5.74, 6) is 1.91. The average molecular weight is 348 g/mol. The van der Waals surface area contributed by atoms with Crippen molar-refractivity contribution in [2.75, 3.05) is 20.2 Å². The van der Waals surface area contributed by atoms with E-state index >= 15 is 0 Å². The molecule has 0 amide bonds. The molecule has 5 nitrogen and oxygen atoms in total. The Morgan fingerprint density at radius 3 is 2.65 bits per heavy atom. The molecule has 0 spiro atoms. The van der Waals surface area contributed by atoms with Crippen LogP contribution in [0, 0.1) is 0 Å².